The van der Waals surface area contributed by atoms with Gasteiger partial charge in [-0.1, -0.05) is 315 Å². The maximum absolute atomic E-state index is 18.4. The van der Waals surface area contributed by atoms with Gasteiger partial charge in [-0.2, -0.15) is 0 Å². The van der Waals surface area contributed by atoms with E-state index in [1.54, 1.807) is 118 Å². The minimum Gasteiger partial charge on any atom is -0.304 e. The van der Waals surface area contributed by atoms with Gasteiger partial charge in [-0.05, 0) is 138 Å². The second-order valence-corrected chi connectivity index (χ2v) is 35.8. The van der Waals surface area contributed by atoms with Crippen molar-refractivity contribution in [3.63, 3.8) is 0 Å². The zero-order chi connectivity index (χ0) is 83.1. The van der Waals surface area contributed by atoms with E-state index in [1.807, 2.05) is 146 Å². The van der Waals surface area contributed by atoms with E-state index >= 15 is 35.1 Å². The molecule has 24 rings (SSSR count). The summed E-state index contributed by atoms with van der Waals surface area (Å²) in [4.78, 5) is 2.14. The van der Waals surface area contributed by atoms with E-state index in [0.717, 1.165) is 157 Å². The number of anilines is 6. The molecule has 0 aliphatic carbocycles. The molecule has 0 radical (unpaired) electrons. The first-order valence-electron chi connectivity index (χ1n) is 40.6. The maximum atomic E-state index is 18.4. The third-order valence-electron chi connectivity index (χ3n) is 25.5. The van der Waals surface area contributed by atoms with Gasteiger partial charge in [0.25, 0.3) is 0 Å². The Morgan fingerprint density at radius 2 is 0.387 bits per heavy atom. The molecule has 0 N–H and O–H groups in total. The number of para-hydroxylation sites is 4. The van der Waals surface area contributed by atoms with Gasteiger partial charge >= 0.3 is 0 Å². The number of fused-ring (bicyclic) bond motifs is 16. The summed E-state index contributed by atoms with van der Waals surface area (Å²) in [6, 6.07) is 118. The molecule has 124 heavy (non-hydrogen) atoms. The molecule has 0 amide bonds. The van der Waals surface area contributed by atoms with Crippen molar-refractivity contribution in [3.05, 3.63) is 455 Å². The number of halogens is 8. The van der Waals surface area contributed by atoms with Crippen molar-refractivity contribution < 1.29 is 35.1 Å². The number of nitrogens with zero attached hydrogens (tertiary/aromatic N) is 2. The van der Waals surface area contributed by atoms with Crippen LogP contribution in [0.5, 0.6) is 0 Å². The molecule has 0 spiro atoms. The fourth-order valence-electron chi connectivity index (χ4n) is 20.1. The largest absolute Gasteiger partial charge is 0.304 e. The van der Waals surface area contributed by atoms with E-state index in [4.69, 9.17) is 0 Å². The topological polar surface area (TPSA) is 6.48 Å². The molecule has 590 valence electrons. The van der Waals surface area contributed by atoms with Gasteiger partial charge in [0.15, 0.2) is 46.5 Å². The van der Waals surface area contributed by atoms with Crippen molar-refractivity contribution in [1.82, 2.24) is 0 Å². The highest BCUT2D eigenvalue weighted by Crippen LogP contribution is 2.63. The highest BCUT2D eigenvalue weighted by atomic mass is 32.1. The van der Waals surface area contributed by atoms with E-state index in [1.165, 1.54) is 0 Å². The molecule has 6 heterocycles. The summed E-state index contributed by atoms with van der Waals surface area (Å²) >= 11 is 6.83. The van der Waals surface area contributed by atoms with Gasteiger partial charge in [0, 0.05) is 80.7 Å². The summed E-state index contributed by atoms with van der Waals surface area (Å²) in [6.45, 7) is 0. The van der Waals surface area contributed by atoms with Crippen LogP contribution >= 0.6 is 45.3 Å². The summed E-state index contributed by atoms with van der Waals surface area (Å²) in [7, 11) is 0. The first-order valence-corrected chi connectivity index (χ1v) is 43.9. The number of hydrogen-bond acceptors (Lipinski definition) is 6. The molecule has 0 saturated carbocycles. The van der Waals surface area contributed by atoms with E-state index in [-0.39, 0.29) is 22.7 Å². The standard InChI is InChI=1S/C110H60F8N2S4/c111-95-93(96(112)100(116)103(99(95)115)119-85-37-9-5-33-81(85)109(82-34-6-10-38-86(82)119,65-53-45-61(46-54-65)69-25-17-29-77-73-21-1-13-41-89(73)121-105(69)77)66-55-47-62(48-56-66)70-26-18-30-78-74-22-2-14-42-90(74)122-106(70)78)94-97(113)101(117)104(102(118)98(94)114)120-87-39-11-7-35-83(87)110(84-36-8-12-40-88(84)120,67-57-49-63(50-58-67)71-27-19-31-79-75-23-3-15-43-91(75)123-107(71)79)68-59-51-64(52-60-68)72-28-20-32-80-76-24-4-16-44-92(76)124-108(72)80/h1-60H. The molecule has 22 aromatic rings. The van der Waals surface area contributed by atoms with Crippen molar-refractivity contribution in [2.24, 2.45) is 0 Å². The second-order valence-electron chi connectivity index (χ2n) is 31.6. The molecule has 2 aliphatic rings. The lowest BCUT2D eigenvalue weighted by Gasteiger charge is -2.46. The molecule has 18 aromatic carbocycles. The molecule has 0 saturated heterocycles. The normalized spacial score (nSPS) is 13.4. The third kappa shape index (κ3) is 10.5. The van der Waals surface area contributed by atoms with Gasteiger partial charge in [-0.25, -0.2) is 35.1 Å². The fraction of sp³-hybridized carbons (Fsp3) is 0.0182. The maximum Gasteiger partial charge on any atom is 0.186 e. The Bertz CT molecular complexity index is 7300. The molecular weight excluding hydrogens is 1630 g/mol. The highest BCUT2D eigenvalue weighted by Gasteiger charge is 2.51. The van der Waals surface area contributed by atoms with Gasteiger partial charge in [0.1, 0.15) is 11.4 Å². The second kappa shape index (κ2) is 28.2. The molecule has 0 fully saturated rings. The van der Waals surface area contributed by atoms with Gasteiger partial charge in [-0.15, -0.1) is 45.3 Å². The average Bonchev–Trinajstić information content (AvgIpc) is 0.775. The molecule has 0 unspecified atom stereocenters. The van der Waals surface area contributed by atoms with Gasteiger partial charge in [0.2, 0.25) is 0 Å². The predicted molar refractivity (Wildman–Crippen MR) is 498 cm³/mol. The average molecular weight is 1690 g/mol. The molecular formula is C110H60F8N2S4. The third-order valence-corrected chi connectivity index (χ3v) is 30.4. The lowest BCUT2D eigenvalue weighted by molar-refractivity contribution is 0.444. The summed E-state index contributed by atoms with van der Waals surface area (Å²) in [5.74, 6) is -17.6. The Hall–Kier alpha value is -14.1. The highest BCUT2D eigenvalue weighted by molar-refractivity contribution is 7.27. The van der Waals surface area contributed by atoms with Gasteiger partial charge in [-0.3, -0.25) is 0 Å². The van der Waals surface area contributed by atoms with Crippen molar-refractivity contribution in [1.29, 1.82) is 0 Å². The van der Waals surface area contributed by atoms with Crippen LogP contribution in [0.1, 0.15) is 44.5 Å². The smallest absolute Gasteiger partial charge is 0.186 e. The predicted octanol–water partition coefficient (Wildman–Crippen LogP) is 32.9. The minimum atomic E-state index is -2.31. The number of rotatable bonds is 11. The Kier molecular flexibility index (Phi) is 16.8. The fourth-order valence-corrected chi connectivity index (χ4v) is 25.1. The van der Waals surface area contributed by atoms with Crippen molar-refractivity contribution in [3.8, 4) is 55.6 Å². The molecule has 2 nitrogen and oxygen atoms in total. The van der Waals surface area contributed by atoms with E-state index in [0.29, 0.717) is 22.3 Å². The van der Waals surface area contributed by atoms with Crippen LogP contribution in [0.25, 0.3) is 136 Å². The lowest BCUT2D eigenvalue weighted by Crippen LogP contribution is -2.38. The number of hydrogen-bond donors (Lipinski definition) is 0. The van der Waals surface area contributed by atoms with E-state index < -0.39 is 79.9 Å². The molecule has 0 atom stereocenters. The van der Waals surface area contributed by atoms with Crippen molar-refractivity contribution in [2.75, 3.05) is 9.80 Å². The summed E-state index contributed by atoms with van der Waals surface area (Å²) in [5, 5.41) is 9.06. The van der Waals surface area contributed by atoms with Crippen LogP contribution < -0.4 is 9.80 Å². The minimum absolute atomic E-state index is 0.0875. The Morgan fingerprint density at radius 3 is 0.621 bits per heavy atom. The zero-order valence-electron chi connectivity index (χ0n) is 65.2. The van der Waals surface area contributed by atoms with Crippen LogP contribution in [-0.2, 0) is 10.8 Å². The first kappa shape index (κ1) is 73.8. The van der Waals surface area contributed by atoms with Crippen LogP contribution in [0.15, 0.2) is 364 Å². The Morgan fingerprint density at radius 1 is 0.185 bits per heavy atom. The van der Waals surface area contributed by atoms with E-state index in [2.05, 4.69) is 146 Å². The van der Waals surface area contributed by atoms with Crippen LogP contribution in [-0.4, -0.2) is 0 Å². The van der Waals surface area contributed by atoms with Gasteiger partial charge in [0.05, 0.1) is 44.7 Å². The van der Waals surface area contributed by atoms with Crippen LogP contribution in [0.3, 0.4) is 0 Å². The van der Waals surface area contributed by atoms with Crippen molar-refractivity contribution in [2.45, 2.75) is 10.8 Å². The van der Waals surface area contributed by atoms with E-state index in [9.17, 15) is 0 Å². The molecule has 0 bridgehead atoms. The summed E-state index contributed by atoms with van der Waals surface area (Å²) in [6.07, 6.45) is 0. The number of thiophene rings is 4. The van der Waals surface area contributed by atoms with Crippen LogP contribution in [0, 0.1) is 46.5 Å². The first-order chi connectivity index (χ1) is 60.9. The Labute approximate surface area is 721 Å². The summed E-state index contributed by atoms with van der Waals surface area (Å²) in [5.41, 5.74) is 3.49. The van der Waals surface area contributed by atoms with Gasteiger partial charge < -0.3 is 9.80 Å². The lowest BCUT2D eigenvalue weighted by atomic mass is 9.62. The molecule has 2 aliphatic heterocycles. The molecule has 14 heteroatoms. The van der Waals surface area contributed by atoms with Crippen LogP contribution in [0.2, 0.25) is 0 Å². The monoisotopic (exact) mass is 1690 g/mol. The number of benzene rings is 18. The van der Waals surface area contributed by atoms with Crippen molar-refractivity contribution >= 4 is 160 Å². The SMILES string of the molecule is Fc1c(F)c(N2c3ccccc3C(c3ccc(-c4cccc5c4sc4ccccc45)cc3)(c3ccc(-c4cccc5c4sc4ccccc45)cc3)c3ccccc32)c(F)c(F)c1-c1c(F)c(F)c(N2c3ccccc3C(c3ccc(-c4cccc5c4sc4ccccc45)cc3)(c3ccc(-c4cccc5c4sc4ccccc45)cc3)c3ccccc32)c(F)c1F. The Balaban J connectivity index is 0.646. The quantitative estimate of drug-likeness (QED) is 0.0941. The molecule has 4 aromatic heterocycles. The zero-order valence-corrected chi connectivity index (χ0v) is 68.5. The summed E-state index contributed by atoms with van der Waals surface area (Å²) < 4.78 is 156. The van der Waals surface area contributed by atoms with Crippen LogP contribution in [0.4, 0.5) is 69.2 Å².